The van der Waals surface area contributed by atoms with E-state index in [1.54, 1.807) is 0 Å². The van der Waals surface area contributed by atoms with E-state index in [1.807, 2.05) is 0 Å². The van der Waals surface area contributed by atoms with Crippen molar-refractivity contribution in [2.24, 2.45) is 5.92 Å². The first kappa shape index (κ1) is 16.6. The molecule has 3 heteroatoms. The van der Waals surface area contributed by atoms with Gasteiger partial charge in [0.25, 0.3) is 0 Å². The summed E-state index contributed by atoms with van der Waals surface area (Å²) < 4.78 is 5.95. The first-order chi connectivity index (χ1) is 10.1. The van der Waals surface area contributed by atoms with Crippen LogP contribution in [-0.4, -0.2) is 24.5 Å². The topological polar surface area (TPSA) is 28.4 Å². The highest BCUT2D eigenvalue weighted by Gasteiger charge is 2.18. The Balaban J connectivity index is 1.78. The predicted octanol–water partition coefficient (Wildman–Crippen LogP) is 4.18. The number of furan rings is 1. The lowest BCUT2D eigenvalue weighted by molar-refractivity contribution is 0.196. The van der Waals surface area contributed by atoms with Gasteiger partial charge in [-0.25, -0.2) is 0 Å². The molecule has 0 bridgehead atoms. The normalized spacial score (nSPS) is 17.6. The van der Waals surface area contributed by atoms with Gasteiger partial charge in [-0.05, 0) is 44.5 Å². The molecule has 1 saturated carbocycles. The fourth-order valence-electron chi connectivity index (χ4n) is 3.16. The highest BCUT2D eigenvalue weighted by molar-refractivity contribution is 5.07. The smallest absolute Gasteiger partial charge is 0.118 e. The lowest BCUT2D eigenvalue weighted by atomic mass is 10.1. The Hall–Kier alpha value is -0.800. The minimum atomic E-state index is 0.681. The zero-order chi connectivity index (χ0) is 15.1. The lowest BCUT2D eigenvalue weighted by Crippen LogP contribution is -2.30. The molecule has 0 unspecified atom stereocenters. The molecule has 120 valence electrons. The lowest BCUT2D eigenvalue weighted by Gasteiger charge is -2.26. The van der Waals surface area contributed by atoms with Crippen LogP contribution in [0.3, 0.4) is 0 Å². The largest absolute Gasteiger partial charge is 0.463 e. The molecule has 0 atom stereocenters. The van der Waals surface area contributed by atoms with Gasteiger partial charge >= 0.3 is 0 Å². The monoisotopic (exact) mass is 292 g/mol. The first-order valence-corrected chi connectivity index (χ1v) is 8.63. The van der Waals surface area contributed by atoms with Crippen molar-refractivity contribution in [3.63, 3.8) is 0 Å². The van der Waals surface area contributed by atoms with E-state index in [1.165, 1.54) is 38.5 Å². The van der Waals surface area contributed by atoms with Gasteiger partial charge in [-0.2, -0.15) is 0 Å². The standard InChI is InChI=1S/C18H32N2O/c1-15(2)12-19-13-17-10-11-18(21-17)14-20(3)16-8-6-4-5-7-9-16/h10-11,15-16,19H,4-9,12-14H2,1-3H3. The number of hydrogen-bond donors (Lipinski definition) is 1. The van der Waals surface area contributed by atoms with Gasteiger partial charge in [-0.3, -0.25) is 4.90 Å². The summed E-state index contributed by atoms with van der Waals surface area (Å²) in [7, 11) is 2.25. The number of nitrogens with zero attached hydrogens (tertiary/aromatic N) is 1. The molecule has 1 aromatic heterocycles. The maximum atomic E-state index is 5.95. The highest BCUT2D eigenvalue weighted by Crippen LogP contribution is 2.22. The number of hydrogen-bond acceptors (Lipinski definition) is 3. The van der Waals surface area contributed by atoms with E-state index in [4.69, 9.17) is 4.42 Å². The zero-order valence-electron chi connectivity index (χ0n) is 14.0. The van der Waals surface area contributed by atoms with Crippen molar-refractivity contribution in [1.82, 2.24) is 10.2 Å². The summed E-state index contributed by atoms with van der Waals surface area (Å²) in [4.78, 5) is 2.48. The number of rotatable bonds is 7. The second kappa shape index (κ2) is 8.60. The van der Waals surface area contributed by atoms with Gasteiger partial charge in [0.2, 0.25) is 0 Å². The molecule has 0 aromatic carbocycles. The maximum Gasteiger partial charge on any atom is 0.118 e. The van der Waals surface area contributed by atoms with Crippen molar-refractivity contribution >= 4 is 0 Å². The third-order valence-corrected chi connectivity index (χ3v) is 4.42. The van der Waals surface area contributed by atoms with Crippen molar-refractivity contribution < 1.29 is 4.42 Å². The summed E-state index contributed by atoms with van der Waals surface area (Å²) in [6.07, 6.45) is 8.29. The van der Waals surface area contributed by atoms with Crippen LogP contribution in [0.2, 0.25) is 0 Å². The SMILES string of the molecule is CC(C)CNCc1ccc(CN(C)C2CCCCCC2)o1. The minimum Gasteiger partial charge on any atom is -0.463 e. The molecule has 1 aromatic rings. The third-order valence-electron chi connectivity index (χ3n) is 4.42. The molecule has 1 aliphatic rings. The molecule has 1 aliphatic carbocycles. The van der Waals surface area contributed by atoms with Crippen LogP contribution in [0.1, 0.15) is 63.9 Å². The summed E-state index contributed by atoms with van der Waals surface area (Å²) in [6.45, 7) is 7.27. The van der Waals surface area contributed by atoms with Crippen molar-refractivity contribution in [3.05, 3.63) is 23.7 Å². The van der Waals surface area contributed by atoms with E-state index < -0.39 is 0 Å². The molecule has 0 amide bonds. The van der Waals surface area contributed by atoms with Crippen LogP contribution in [0.5, 0.6) is 0 Å². The first-order valence-electron chi connectivity index (χ1n) is 8.63. The Morgan fingerprint density at radius 2 is 1.81 bits per heavy atom. The van der Waals surface area contributed by atoms with Gasteiger partial charge in [-0.15, -0.1) is 0 Å². The van der Waals surface area contributed by atoms with E-state index >= 15 is 0 Å². The average molecular weight is 292 g/mol. The molecule has 0 aliphatic heterocycles. The van der Waals surface area contributed by atoms with Gasteiger partial charge in [0, 0.05) is 6.04 Å². The second-order valence-corrected chi connectivity index (χ2v) is 6.95. The minimum absolute atomic E-state index is 0.681. The highest BCUT2D eigenvalue weighted by atomic mass is 16.3. The molecule has 2 rings (SSSR count). The fourth-order valence-corrected chi connectivity index (χ4v) is 3.16. The van der Waals surface area contributed by atoms with Crippen molar-refractivity contribution in [2.45, 2.75) is 71.5 Å². The molecule has 1 fully saturated rings. The second-order valence-electron chi connectivity index (χ2n) is 6.95. The fraction of sp³-hybridized carbons (Fsp3) is 0.778. The maximum absolute atomic E-state index is 5.95. The molecule has 1 N–H and O–H groups in total. The third kappa shape index (κ3) is 5.84. The van der Waals surface area contributed by atoms with E-state index in [2.05, 4.69) is 43.2 Å². The van der Waals surface area contributed by atoms with Gasteiger partial charge in [-0.1, -0.05) is 39.5 Å². The van der Waals surface area contributed by atoms with Gasteiger partial charge < -0.3 is 9.73 Å². The van der Waals surface area contributed by atoms with E-state index in [-0.39, 0.29) is 0 Å². The summed E-state index contributed by atoms with van der Waals surface area (Å²) in [6, 6.07) is 4.99. The Labute approximate surface area is 130 Å². The van der Waals surface area contributed by atoms with Crippen LogP contribution in [0.4, 0.5) is 0 Å². The zero-order valence-corrected chi connectivity index (χ0v) is 14.0. The van der Waals surface area contributed by atoms with Crippen LogP contribution in [0, 0.1) is 5.92 Å². The molecular weight excluding hydrogens is 260 g/mol. The summed E-state index contributed by atoms with van der Waals surface area (Å²) in [5.74, 6) is 2.84. The van der Waals surface area contributed by atoms with Gasteiger partial charge in [0.1, 0.15) is 11.5 Å². The van der Waals surface area contributed by atoms with Gasteiger partial charge in [0.05, 0.1) is 13.1 Å². The average Bonchev–Trinajstić information content (AvgIpc) is 2.72. The van der Waals surface area contributed by atoms with Crippen LogP contribution < -0.4 is 5.32 Å². The molecule has 1 heterocycles. The van der Waals surface area contributed by atoms with Crippen LogP contribution >= 0.6 is 0 Å². The Morgan fingerprint density at radius 3 is 2.48 bits per heavy atom. The van der Waals surface area contributed by atoms with Crippen molar-refractivity contribution in [3.8, 4) is 0 Å². The predicted molar refractivity (Wildman–Crippen MR) is 88.2 cm³/mol. The van der Waals surface area contributed by atoms with Crippen LogP contribution in [-0.2, 0) is 13.1 Å². The van der Waals surface area contributed by atoms with Crippen molar-refractivity contribution in [2.75, 3.05) is 13.6 Å². The van der Waals surface area contributed by atoms with E-state index in [0.29, 0.717) is 5.92 Å². The summed E-state index contributed by atoms with van der Waals surface area (Å²) in [5.41, 5.74) is 0. The van der Waals surface area contributed by atoms with E-state index in [0.717, 1.165) is 37.2 Å². The Morgan fingerprint density at radius 1 is 1.14 bits per heavy atom. The quantitative estimate of drug-likeness (QED) is 0.764. The number of nitrogens with one attached hydrogen (secondary N) is 1. The van der Waals surface area contributed by atoms with Crippen LogP contribution in [0.15, 0.2) is 16.5 Å². The molecule has 0 radical (unpaired) electrons. The Bertz CT molecular complexity index is 392. The molecular formula is C18H32N2O. The molecule has 21 heavy (non-hydrogen) atoms. The molecule has 0 saturated heterocycles. The summed E-state index contributed by atoms with van der Waals surface area (Å²) in [5, 5.41) is 3.43. The van der Waals surface area contributed by atoms with Crippen molar-refractivity contribution in [1.29, 1.82) is 0 Å². The van der Waals surface area contributed by atoms with E-state index in [9.17, 15) is 0 Å². The van der Waals surface area contributed by atoms with Gasteiger partial charge in [0.15, 0.2) is 0 Å². The Kier molecular flexibility index (Phi) is 6.78. The van der Waals surface area contributed by atoms with Crippen LogP contribution in [0.25, 0.3) is 0 Å². The molecule has 3 nitrogen and oxygen atoms in total. The molecule has 0 spiro atoms. The summed E-state index contributed by atoms with van der Waals surface area (Å²) >= 11 is 0.